The Kier molecular flexibility index (Phi) is 9.30. The zero-order valence-electron chi connectivity index (χ0n) is 24.7. The van der Waals surface area contributed by atoms with E-state index >= 15 is 0 Å². The second kappa shape index (κ2) is 13.2. The number of nitriles is 1. The summed E-state index contributed by atoms with van der Waals surface area (Å²) in [4.78, 5) is 14.5. The van der Waals surface area contributed by atoms with Crippen molar-refractivity contribution in [2.75, 3.05) is 6.54 Å². The molecule has 1 aliphatic rings. The monoisotopic (exact) mass is 649 g/mol. The largest absolute Gasteiger partial charge is 0.381 e. The third-order valence-corrected chi connectivity index (χ3v) is 8.52. The van der Waals surface area contributed by atoms with Gasteiger partial charge < -0.3 is 5.11 Å². The molecule has 2 N–H and O–H groups in total. The van der Waals surface area contributed by atoms with E-state index in [1.54, 1.807) is 42.1 Å². The lowest BCUT2D eigenvalue weighted by molar-refractivity contribution is -0.0714. The number of halogens is 2. The van der Waals surface area contributed by atoms with Gasteiger partial charge in [0.05, 0.1) is 24.5 Å². The van der Waals surface area contributed by atoms with Crippen LogP contribution in [0.3, 0.4) is 0 Å². The zero-order valence-corrected chi connectivity index (χ0v) is 25.6. The van der Waals surface area contributed by atoms with E-state index in [2.05, 4.69) is 25.1 Å². The highest BCUT2D eigenvalue weighted by molar-refractivity contribution is 7.85. The minimum absolute atomic E-state index is 0.0294. The maximum atomic E-state index is 14.9. The molecule has 0 spiro atoms. The van der Waals surface area contributed by atoms with Crippen LogP contribution in [0, 0.1) is 29.9 Å². The molecule has 46 heavy (non-hydrogen) atoms. The van der Waals surface area contributed by atoms with Gasteiger partial charge in [-0.3, -0.25) is 9.45 Å². The fourth-order valence-corrected chi connectivity index (χ4v) is 5.54. The van der Waals surface area contributed by atoms with Crippen molar-refractivity contribution in [2.45, 2.75) is 50.0 Å². The van der Waals surface area contributed by atoms with Crippen LogP contribution in [0.5, 0.6) is 0 Å². The Hall–Kier alpha value is -4.95. The van der Waals surface area contributed by atoms with Crippen LogP contribution in [-0.4, -0.2) is 70.1 Å². The first-order valence-electron chi connectivity index (χ1n) is 14.0. The van der Waals surface area contributed by atoms with Gasteiger partial charge in [0.1, 0.15) is 47.5 Å². The van der Waals surface area contributed by atoms with E-state index in [0.717, 1.165) is 17.7 Å². The number of benzene rings is 2. The Morgan fingerprint density at radius 3 is 2.48 bits per heavy atom. The van der Waals surface area contributed by atoms with E-state index in [0.29, 0.717) is 42.5 Å². The summed E-state index contributed by atoms with van der Waals surface area (Å²) in [5.74, 6) is -0.410. The first-order chi connectivity index (χ1) is 21.9. The lowest BCUT2D eigenvalue weighted by Crippen LogP contribution is -2.53. The molecular formula is C30H29F2N9O4S. The SMILES string of the molecule is C[C@@H](N1CCn2nc(-c3ccc(C#N)nc3)nc2C1)[C@](O)(Cn1cncn1)c1ccc(F)cc1F.Cc1ccc(S(=O)(=O)O)cc1. The van der Waals surface area contributed by atoms with Crippen molar-refractivity contribution in [1.29, 1.82) is 5.26 Å². The van der Waals surface area contributed by atoms with Gasteiger partial charge in [-0.2, -0.15) is 23.9 Å². The van der Waals surface area contributed by atoms with Crippen molar-refractivity contribution in [2.24, 2.45) is 0 Å². The van der Waals surface area contributed by atoms with Crippen LogP contribution in [-0.2, 0) is 35.4 Å². The molecule has 6 rings (SSSR count). The van der Waals surface area contributed by atoms with E-state index in [-0.39, 0.29) is 17.0 Å². The number of rotatable bonds is 7. The molecule has 0 unspecified atom stereocenters. The summed E-state index contributed by atoms with van der Waals surface area (Å²) in [5, 5.41) is 29.4. The molecule has 2 atom stereocenters. The van der Waals surface area contributed by atoms with Crippen LogP contribution < -0.4 is 0 Å². The number of aromatic nitrogens is 7. The van der Waals surface area contributed by atoms with Crippen molar-refractivity contribution in [3.63, 3.8) is 0 Å². The summed E-state index contributed by atoms with van der Waals surface area (Å²) in [5.41, 5.74) is 0.169. The standard InChI is InChI=1S/C23H21F2N9O.C7H8O3S/c1-15(23(35,12-33-14-27-13-29-33)19-5-3-17(24)8-20(19)25)32-6-7-34-21(11-32)30-22(31-34)16-2-4-18(9-26)28-10-16;1-6-2-4-7(5-3-6)11(8,9)10/h2-5,8,10,13-15,35H,6-7,11-12H2,1H3;2-5H,1H3,(H,8,9,10)/t15-,23-;/m1./s1. The van der Waals surface area contributed by atoms with E-state index < -0.39 is 33.4 Å². The summed E-state index contributed by atoms with van der Waals surface area (Å²) >= 11 is 0. The second-order valence-corrected chi connectivity index (χ2v) is 12.1. The minimum Gasteiger partial charge on any atom is -0.381 e. The quantitative estimate of drug-likeness (QED) is 0.248. The Balaban J connectivity index is 0.000000322. The van der Waals surface area contributed by atoms with E-state index in [1.165, 1.54) is 35.5 Å². The molecule has 16 heteroatoms. The molecule has 0 radical (unpaired) electrons. The Morgan fingerprint density at radius 2 is 1.87 bits per heavy atom. The predicted molar refractivity (Wildman–Crippen MR) is 159 cm³/mol. The van der Waals surface area contributed by atoms with Gasteiger partial charge in [0.25, 0.3) is 10.1 Å². The fraction of sp³-hybridized carbons (Fsp3) is 0.267. The van der Waals surface area contributed by atoms with Crippen LogP contribution in [0.15, 0.2) is 78.3 Å². The van der Waals surface area contributed by atoms with Crippen LogP contribution in [0.1, 0.15) is 29.6 Å². The summed E-state index contributed by atoms with van der Waals surface area (Å²) in [6.45, 7) is 4.92. The van der Waals surface area contributed by atoms with Crippen LogP contribution >= 0.6 is 0 Å². The lowest BCUT2D eigenvalue weighted by Gasteiger charge is -2.42. The highest BCUT2D eigenvalue weighted by Crippen LogP contribution is 2.34. The van der Waals surface area contributed by atoms with Crippen LogP contribution in [0.4, 0.5) is 8.78 Å². The third-order valence-electron chi connectivity index (χ3n) is 7.65. The predicted octanol–water partition coefficient (Wildman–Crippen LogP) is 3.12. The van der Waals surface area contributed by atoms with Gasteiger partial charge in [-0.15, -0.1) is 0 Å². The van der Waals surface area contributed by atoms with Crippen molar-refractivity contribution in [3.8, 4) is 17.5 Å². The van der Waals surface area contributed by atoms with Gasteiger partial charge in [0, 0.05) is 36.0 Å². The zero-order chi connectivity index (χ0) is 33.1. The molecule has 0 bridgehead atoms. The first kappa shape index (κ1) is 32.4. The molecule has 4 heterocycles. The number of nitrogens with zero attached hydrogens (tertiary/aromatic N) is 9. The fourth-order valence-electron chi connectivity index (χ4n) is 5.06. The summed E-state index contributed by atoms with van der Waals surface area (Å²) in [6.07, 6.45) is 4.31. The van der Waals surface area contributed by atoms with Gasteiger partial charge >= 0.3 is 0 Å². The lowest BCUT2D eigenvalue weighted by atomic mass is 9.85. The summed E-state index contributed by atoms with van der Waals surface area (Å²) < 4.78 is 61.2. The van der Waals surface area contributed by atoms with Crippen molar-refractivity contribution in [1.82, 2.24) is 39.4 Å². The third kappa shape index (κ3) is 7.13. The summed E-state index contributed by atoms with van der Waals surface area (Å²) in [7, 11) is -4.02. The van der Waals surface area contributed by atoms with Crippen LogP contribution in [0.25, 0.3) is 11.4 Å². The maximum Gasteiger partial charge on any atom is 0.294 e. The van der Waals surface area contributed by atoms with E-state index in [1.807, 2.05) is 17.9 Å². The molecule has 0 saturated heterocycles. The number of aliphatic hydroxyl groups is 1. The number of hydrogen-bond donors (Lipinski definition) is 2. The molecule has 5 aromatic rings. The van der Waals surface area contributed by atoms with Gasteiger partial charge in [0.2, 0.25) is 0 Å². The van der Waals surface area contributed by atoms with Gasteiger partial charge in [-0.25, -0.2) is 33.1 Å². The average molecular weight is 650 g/mol. The molecule has 0 aliphatic carbocycles. The van der Waals surface area contributed by atoms with Crippen LogP contribution in [0.2, 0.25) is 0 Å². The normalized spacial score (nSPS) is 15.2. The molecule has 13 nitrogen and oxygen atoms in total. The van der Waals surface area contributed by atoms with Crippen molar-refractivity contribution >= 4 is 10.1 Å². The molecule has 0 amide bonds. The Morgan fingerprint density at radius 1 is 1.11 bits per heavy atom. The molecular weight excluding hydrogens is 620 g/mol. The summed E-state index contributed by atoms with van der Waals surface area (Å²) in [6, 6.07) is 13.9. The Labute approximate surface area is 263 Å². The smallest absolute Gasteiger partial charge is 0.294 e. The van der Waals surface area contributed by atoms with Gasteiger partial charge in [-0.05, 0) is 44.2 Å². The highest BCUT2D eigenvalue weighted by atomic mass is 32.2. The highest BCUT2D eigenvalue weighted by Gasteiger charge is 2.43. The molecule has 0 fully saturated rings. The van der Waals surface area contributed by atoms with Crippen molar-refractivity contribution < 1.29 is 26.9 Å². The number of fused-ring (bicyclic) bond motifs is 1. The van der Waals surface area contributed by atoms with Crippen molar-refractivity contribution in [3.05, 3.63) is 108 Å². The minimum atomic E-state index is -4.02. The number of hydrogen-bond acceptors (Lipinski definition) is 10. The topological polar surface area (TPSA) is 176 Å². The maximum absolute atomic E-state index is 14.9. The first-order valence-corrected chi connectivity index (χ1v) is 15.4. The molecule has 2 aromatic carbocycles. The van der Waals surface area contributed by atoms with Gasteiger partial charge in [-0.1, -0.05) is 23.8 Å². The average Bonchev–Trinajstić information content (AvgIpc) is 3.70. The molecule has 238 valence electrons. The van der Waals surface area contributed by atoms with E-state index in [4.69, 9.17) is 9.81 Å². The molecule has 0 saturated carbocycles. The van der Waals surface area contributed by atoms with E-state index in [9.17, 15) is 22.3 Å². The number of pyridine rings is 1. The number of aryl methyl sites for hydroxylation is 1. The molecule has 1 aliphatic heterocycles. The second-order valence-electron chi connectivity index (χ2n) is 10.7. The Bertz CT molecular complexity index is 1960. The molecule has 3 aromatic heterocycles. The van der Waals surface area contributed by atoms with Gasteiger partial charge in [0.15, 0.2) is 5.82 Å².